The lowest BCUT2D eigenvalue weighted by Gasteiger charge is -2.11. The van der Waals surface area contributed by atoms with Crippen molar-refractivity contribution >= 4 is 0 Å². The maximum absolute atomic E-state index is 4.44. The standard InChI is InChI=1S/C23H21N3/c1-16-9-7-8-12-22(16)26-15-21(24-25-26)23-17(2)13-20(14-18(23)3)19-10-5-4-6-11-19/h4-15H,1-3H3. The van der Waals surface area contributed by atoms with Crippen LogP contribution in [0.1, 0.15) is 16.7 Å². The second-order valence-corrected chi connectivity index (χ2v) is 6.69. The fourth-order valence-corrected chi connectivity index (χ4v) is 3.48. The van der Waals surface area contributed by atoms with Gasteiger partial charge < -0.3 is 0 Å². The van der Waals surface area contributed by atoms with Crippen molar-refractivity contribution in [3.63, 3.8) is 0 Å². The molecule has 1 aromatic heterocycles. The van der Waals surface area contributed by atoms with Crippen molar-refractivity contribution in [2.45, 2.75) is 20.8 Å². The molecule has 0 unspecified atom stereocenters. The van der Waals surface area contributed by atoms with Crippen LogP contribution in [0.2, 0.25) is 0 Å². The first kappa shape index (κ1) is 16.3. The first-order valence-corrected chi connectivity index (χ1v) is 8.79. The summed E-state index contributed by atoms with van der Waals surface area (Å²) in [6, 6.07) is 23.1. The lowest BCUT2D eigenvalue weighted by atomic mass is 9.94. The number of para-hydroxylation sites is 1. The molecule has 4 rings (SSSR count). The summed E-state index contributed by atoms with van der Waals surface area (Å²) in [5, 5.41) is 8.79. The van der Waals surface area contributed by atoms with Crippen LogP contribution in [0.25, 0.3) is 28.1 Å². The van der Waals surface area contributed by atoms with Crippen LogP contribution >= 0.6 is 0 Å². The van der Waals surface area contributed by atoms with Crippen LogP contribution < -0.4 is 0 Å². The zero-order valence-electron chi connectivity index (χ0n) is 15.3. The highest BCUT2D eigenvalue weighted by molar-refractivity contribution is 5.74. The molecule has 0 radical (unpaired) electrons. The number of nitrogens with zero attached hydrogens (tertiary/aromatic N) is 3. The van der Waals surface area contributed by atoms with Gasteiger partial charge in [0.05, 0.1) is 11.9 Å². The van der Waals surface area contributed by atoms with Crippen LogP contribution in [-0.2, 0) is 0 Å². The molecule has 0 saturated heterocycles. The molecular formula is C23H21N3. The molecule has 0 N–H and O–H groups in total. The van der Waals surface area contributed by atoms with E-state index in [0.717, 1.165) is 16.9 Å². The van der Waals surface area contributed by atoms with E-state index in [2.05, 4.69) is 79.6 Å². The molecule has 0 fully saturated rings. The van der Waals surface area contributed by atoms with E-state index >= 15 is 0 Å². The van der Waals surface area contributed by atoms with Gasteiger partial charge in [-0.15, -0.1) is 5.10 Å². The van der Waals surface area contributed by atoms with E-state index in [0.29, 0.717) is 0 Å². The van der Waals surface area contributed by atoms with E-state index in [1.165, 1.54) is 27.8 Å². The molecule has 3 nitrogen and oxygen atoms in total. The summed E-state index contributed by atoms with van der Waals surface area (Å²) in [5.74, 6) is 0. The maximum atomic E-state index is 4.44. The molecule has 0 spiro atoms. The van der Waals surface area contributed by atoms with Gasteiger partial charge in [-0.1, -0.05) is 65.9 Å². The van der Waals surface area contributed by atoms with Gasteiger partial charge in [0.2, 0.25) is 0 Å². The van der Waals surface area contributed by atoms with Gasteiger partial charge in [0.1, 0.15) is 5.69 Å². The van der Waals surface area contributed by atoms with Crippen molar-refractivity contribution in [1.29, 1.82) is 0 Å². The molecule has 0 aliphatic carbocycles. The molecule has 3 heteroatoms. The number of hydrogen-bond donors (Lipinski definition) is 0. The average molecular weight is 339 g/mol. The molecule has 3 aromatic carbocycles. The van der Waals surface area contributed by atoms with Crippen LogP contribution in [0.4, 0.5) is 0 Å². The predicted octanol–water partition coefficient (Wildman–Crippen LogP) is 5.53. The van der Waals surface area contributed by atoms with Crippen LogP contribution in [0.3, 0.4) is 0 Å². The monoisotopic (exact) mass is 339 g/mol. The number of hydrogen-bond acceptors (Lipinski definition) is 2. The molecule has 4 aromatic rings. The number of aryl methyl sites for hydroxylation is 3. The highest BCUT2D eigenvalue weighted by atomic mass is 15.4. The fraction of sp³-hybridized carbons (Fsp3) is 0.130. The van der Waals surface area contributed by atoms with E-state index in [1.807, 2.05) is 29.1 Å². The highest BCUT2D eigenvalue weighted by Gasteiger charge is 2.13. The molecule has 0 amide bonds. The summed E-state index contributed by atoms with van der Waals surface area (Å²) >= 11 is 0. The number of aromatic nitrogens is 3. The third-order valence-corrected chi connectivity index (χ3v) is 4.75. The van der Waals surface area contributed by atoms with Gasteiger partial charge in [0.15, 0.2) is 0 Å². The lowest BCUT2D eigenvalue weighted by Crippen LogP contribution is -1.97. The van der Waals surface area contributed by atoms with Crippen LogP contribution in [0.15, 0.2) is 72.9 Å². The van der Waals surface area contributed by atoms with Gasteiger partial charge in [-0.3, -0.25) is 0 Å². The largest absolute Gasteiger partial charge is 0.220 e. The van der Waals surface area contributed by atoms with Gasteiger partial charge in [0, 0.05) is 5.56 Å². The zero-order chi connectivity index (χ0) is 18.1. The Balaban J connectivity index is 1.77. The highest BCUT2D eigenvalue weighted by Crippen LogP contribution is 2.31. The summed E-state index contributed by atoms with van der Waals surface area (Å²) in [6.45, 7) is 6.37. The number of benzene rings is 3. The van der Waals surface area contributed by atoms with E-state index in [1.54, 1.807) is 0 Å². The van der Waals surface area contributed by atoms with Gasteiger partial charge in [0.25, 0.3) is 0 Å². The van der Waals surface area contributed by atoms with Gasteiger partial charge in [-0.25, -0.2) is 4.68 Å². The molecular weight excluding hydrogens is 318 g/mol. The molecule has 0 saturated carbocycles. The van der Waals surface area contributed by atoms with E-state index in [9.17, 15) is 0 Å². The van der Waals surface area contributed by atoms with Gasteiger partial charge in [-0.05, 0) is 54.7 Å². The molecule has 128 valence electrons. The SMILES string of the molecule is Cc1ccccc1-n1cc(-c2c(C)cc(-c3ccccc3)cc2C)nn1. The normalized spacial score (nSPS) is 10.9. The topological polar surface area (TPSA) is 30.7 Å². The van der Waals surface area contributed by atoms with Crippen molar-refractivity contribution in [2.75, 3.05) is 0 Å². The molecule has 26 heavy (non-hydrogen) atoms. The van der Waals surface area contributed by atoms with E-state index < -0.39 is 0 Å². The molecule has 0 aliphatic rings. The van der Waals surface area contributed by atoms with Crippen molar-refractivity contribution in [1.82, 2.24) is 15.0 Å². The number of rotatable bonds is 3. The summed E-state index contributed by atoms with van der Waals surface area (Å²) in [4.78, 5) is 0. The Morgan fingerprint density at radius 1 is 0.692 bits per heavy atom. The summed E-state index contributed by atoms with van der Waals surface area (Å²) in [5.41, 5.74) is 9.18. The van der Waals surface area contributed by atoms with Crippen LogP contribution in [0, 0.1) is 20.8 Å². The summed E-state index contributed by atoms with van der Waals surface area (Å²) < 4.78 is 1.86. The molecule has 1 heterocycles. The molecule has 0 atom stereocenters. The summed E-state index contributed by atoms with van der Waals surface area (Å²) in [7, 11) is 0. The van der Waals surface area contributed by atoms with Crippen molar-refractivity contribution in [2.24, 2.45) is 0 Å². The lowest BCUT2D eigenvalue weighted by molar-refractivity contribution is 0.799. The fourth-order valence-electron chi connectivity index (χ4n) is 3.48. The minimum absolute atomic E-state index is 0.905. The minimum Gasteiger partial charge on any atom is -0.220 e. The summed E-state index contributed by atoms with van der Waals surface area (Å²) in [6.07, 6.45) is 2.01. The first-order chi connectivity index (χ1) is 12.6. The Hall–Kier alpha value is -3.20. The van der Waals surface area contributed by atoms with E-state index in [4.69, 9.17) is 0 Å². The molecule has 0 aliphatic heterocycles. The smallest absolute Gasteiger partial charge is 0.114 e. The Bertz CT molecular complexity index is 1040. The Morgan fingerprint density at radius 2 is 1.35 bits per heavy atom. The quantitative estimate of drug-likeness (QED) is 0.491. The third-order valence-electron chi connectivity index (χ3n) is 4.75. The van der Waals surface area contributed by atoms with Crippen molar-refractivity contribution in [3.8, 4) is 28.1 Å². The van der Waals surface area contributed by atoms with Crippen LogP contribution in [0.5, 0.6) is 0 Å². The second-order valence-electron chi connectivity index (χ2n) is 6.69. The maximum Gasteiger partial charge on any atom is 0.114 e. The van der Waals surface area contributed by atoms with Gasteiger partial charge >= 0.3 is 0 Å². The minimum atomic E-state index is 0.905. The molecule has 0 bridgehead atoms. The third kappa shape index (κ3) is 2.92. The van der Waals surface area contributed by atoms with Crippen LogP contribution in [-0.4, -0.2) is 15.0 Å². The Labute approximate surface area is 153 Å². The van der Waals surface area contributed by atoms with Crippen molar-refractivity contribution < 1.29 is 0 Å². The Kier molecular flexibility index (Phi) is 4.13. The van der Waals surface area contributed by atoms with Gasteiger partial charge in [-0.2, -0.15) is 0 Å². The Morgan fingerprint density at radius 3 is 2.04 bits per heavy atom. The first-order valence-electron chi connectivity index (χ1n) is 8.79. The van der Waals surface area contributed by atoms with E-state index in [-0.39, 0.29) is 0 Å². The van der Waals surface area contributed by atoms with Crippen molar-refractivity contribution in [3.05, 3.63) is 89.6 Å². The average Bonchev–Trinajstić information content (AvgIpc) is 3.11. The second kappa shape index (κ2) is 6.60. The predicted molar refractivity (Wildman–Crippen MR) is 106 cm³/mol. The zero-order valence-corrected chi connectivity index (χ0v) is 15.3.